The highest BCUT2D eigenvalue weighted by Gasteiger charge is 2.13. The second-order valence-electron chi connectivity index (χ2n) is 5.98. The largest absolute Gasteiger partial charge is 0.352 e. The lowest BCUT2D eigenvalue weighted by atomic mass is 10.0. The maximum absolute atomic E-state index is 12.0. The van der Waals surface area contributed by atoms with E-state index in [9.17, 15) is 13.2 Å². The van der Waals surface area contributed by atoms with Gasteiger partial charge in [-0.15, -0.1) is 12.4 Å². The quantitative estimate of drug-likeness (QED) is 0.606. The summed E-state index contributed by atoms with van der Waals surface area (Å²) in [5, 5.41) is 2.94. The van der Waals surface area contributed by atoms with E-state index in [0.29, 0.717) is 25.3 Å². The van der Waals surface area contributed by atoms with E-state index in [1.165, 1.54) is 7.05 Å². The molecule has 1 unspecified atom stereocenters. The monoisotopic (exact) mass is 377 g/mol. The van der Waals surface area contributed by atoms with Crippen LogP contribution < -0.4 is 15.8 Å². The highest BCUT2D eigenvalue weighted by molar-refractivity contribution is 7.89. The van der Waals surface area contributed by atoms with Crippen molar-refractivity contribution in [3.05, 3.63) is 29.8 Å². The van der Waals surface area contributed by atoms with E-state index >= 15 is 0 Å². The highest BCUT2D eigenvalue weighted by Crippen LogP contribution is 2.11. The first-order valence-corrected chi connectivity index (χ1v) is 9.28. The van der Waals surface area contributed by atoms with Crippen molar-refractivity contribution in [2.45, 2.75) is 44.0 Å². The van der Waals surface area contributed by atoms with Crippen molar-refractivity contribution in [1.82, 2.24) is 10.0 Å². The van der Waals surface area contributed by atoms with Crippen molar-refractivity contribution in [2.24, 2.45) is 11.7 Å². The number of benzene rings is 1. The molecular formula is C16H28ClN3O3S. The molecule has 6 nitrogen and oxygen atoms in total. The van der Waals surface area contributed by atoms with E-state index < -0.39 is 10.0 Å². The maximum atomic E-state index is 12.0. The number of halogens is 1. The molecule has 0 saturated carbocycles. The Balaban J connectivity index is 0.00000529. The number of carbonyl (C=O) groups excluding carboxylic acids is 1. The number of amides is 1. The second-order valence-corrected chi connectivity index (χ2v) is 7.87. The summed E-state index contributed by atoms with van der Waals surface area (Å²) in [5.41, 5.74) is 6.59. The Bertz CT molecular complexity index is 603. The van der Waals surface area contributed by atoms with Crippen molar-refractivity contribution in [3.63, 3.8) is 0 Å². The van der Waals surface area contributed by atoms with Crippen LogP contribution in [0.15, 0.2) is 29.2 Å². The van der Waals surface area contributed by atoms with Crippen LogP contribution in [-0.2, 0) is 21.2 Å². The molecular weight excluding hydrogens is 350 g/mol. The first kappa shape index (κ1) is 22.9. The first-order valence-electron chi connectivity index (χ1n) is 7.80. The van der Waals surface area contributed by atoms with Crippen LogP contribution in [0.25, 0.3) is 0 Å². The molecule has 0 fully saturated rings. The van der Waals surface area contributed by atoms with Crippen LogP contribution in [-0.4, -0.2) is 34.0 Å². The molecule has 0 aliphatic heterocycles. The zero-order chi connectivity index (χ0) is 17.5. The third-order valence-corrected chi connectivity index (χ3v) is 4.98. The fourth-order valence-corrected chi connectivity index (χ4v) is 3.02. The zero-order valence-electron chi connectivity index (χ0n) is 14.4. The number of nitrogens with one attached hydrogen (secondary N) is 2. The van der Waals surface area contributed by atoms with E-state index in [0.717, 1.165) is 12.0 Å². The van der Waals surface area contributed by atoms with Crippen LogP contribution >= 0.6 is 12.4 Å². The molecule has 0 radical (unpaired) electrons. The predicted octanol–water partition coefficient (Wildman–Crippen LogP) is 1.44. The van der Waals surface area contributed by atoms with Crippen LogP contribution in [0.4, 0.5) is 0 Å². The summed E-state index contributed by atoms with van der Waals surface area (Å²) < 4.78 is 25.5. The summed E-state index contributed by atoms with van der Waals surface area (Å²) in [6.45, 7) is 4.62. The van der Waals surface area contributed by atoms with Gasteiger partial charge in [0.1, 0.15) is 0 Å². The number of sulfonamides is 1. The summed E-state index contributed by atoms with van der Waals surface area (Å²) in [5.74, 6) is 0.443. The Morgan fingerprint density at radius 1 is 1.21 bits per heavy atom. The van der Waals surface area contributed by atoms with Crippen LogP contribution in [0, 0.1) is 5.92 Å². The standard InChI is InChI=1S/C16H27N3O3S.ClH/c1-12(2)10-14(11-17)19-16(20)9-6-13-4-7-15(8-5-13)23(21,22)18-3;/h4-5,7-8,12,14,18H,6,9-11,17H2,1-3H3,(H,19,20);1H. The lowest BCUT2D eigenvalue weighted by Crippen LogP contribution is -2.41. The van der Waals surface area contributed by atoms with Gasteiger partial charge >= 0.3 is 0 Å². The Labute approximate surface area is 151 Å². The van der Waals surface area contributed by atoms with Crippen molar-refractivity contribution in [2.75, 3.05) is 13.6 Å². The molecule has 0 aliphatic rings. The number of hydrogen-bond donors (Lipinski definition) is 3. The molecule has 1 atom stereocenters. The van der Waals surface area contributed by atoms with Crippen LogP contribution in [0.5, 0.6) is 0 Å². The SMILES string of the molecule is CNS(=O)(=O)c1ccc(CCC(=O)NC(CN)CC(C)C)cc1.Cl. The van der Waals surface area contributed by atoms with E-state index in [1.54, 1.807) is 24.3 Å². The molecule has 0 saturated heterocycles. The predicted molar refractivity (Wildman–Crippen MR) is 98.7 cm³/mol. The third-order valence-electron chi connectivity index (χ3n) is 3.55. The molecule has 4 N–H and O–H groups in total. The molecule has 0 spiro atoms. The summed E-state index contributed by atoms with van der Waals surface area (Å²) in [6.07, 6.45) is 1.77. The summed E-state index contributed by atoms with van der Waals surface area (Å²) >= 11 is 0. The van der Waals surface area contributed by atoms with Gasteiger partial charge in [-0.3, -0.25) is 4.79 Å². The Hall–Kier alpha value is -1.15. The normalized spacial score (nSPS) is 12.5. The van der Waals surface area contributed by atoms with Gasteiger partial charge in [0.05, 0.1) is 4.90 Å². The van der Waals surface area contributed by atoms with Crippen molar-refractivity contribution in [1.29, 1.82) is 0 Å². The molecule has 0 bridgehead atoms. The van der Waals surface area contributed by atoms with Gasteiger partial charge < -0.3 is 11.1 Å². The molecule has 8 heteroatoms. The summed E-state index contributed by atoms with van der Waals surface area (Å²) in [7, 11) is -2.05. The van der Waals surface area contributed by atoms with Gasteiger partial charge in [0.15, 0.2) is 0 Å². The van der Waals surface area contributed by atoms with Crippen LogP contribution in [0.1, 0.15) is 32.3 Å². The van der Waals surface area contributed by atoms with E-state index in [-0.39, 0.29) is 29.3 Å². The fraction of sp³-hybridized carbons (Fsp3) is 0.562. The van der Waals surface area contributed by atoms with Crippen molar-refractivity contribution < 1.29 is 13.2 Å². The Kier molecular flexibility index (Phi) is 10.1. The molecule has 0 aliphatic carbocycles. The molecule has 1 amide bonds. The molecule has 0 aromatic heterocycles. The van der Waals surface area contributed by atoms with E-state index in [1.807, 2.05) is 0 Å². The van der Waals surface area contributed by atoms with Gasteiger partial charge in [-0.1, -0.05) is 26.0 Å². The van der Waals surface area contributed by atoms with Crippen LogP contribution in [0.2, 0.25) is 0 Å². The summed E-state index contributed by atoms with van der Waals surface area (Å²) in [6, 6.07) is 6.55. The van der Waals surface area contributed by atoms with Gasteiger partial charge in [-0.25, -0.2) is 13.1 Å². The topological polar surface area (TPSA) is 101 Å². The molecule has 24 heavy (non-hydrogen) atoms. The average molecular weight is 378 g/mol. The maximum Gasteiger partial charge on any atom is 0.240 e. The van der Waals surface area contributed by atoms with Gasteiger partial charge in [0.2, 0.25) is 15.9 Å². The zero-order valence-corrected chi connectivity index (χ0v) is 16.0. The smallest absolute Gasteiger partial charge is 0.240 e. The van der Waals surface area contributed by atoms with Crippen molar-refractivity contribution in [3.8, 4) is 0 Å². The minimum absolute atomic E-state index is 0. The molecule has 1 aromatic rings. The van der Waals surface area contributed by atoms with Crippen LogP contribution in [0.3, 0.4) is 0 Å². The van der Waals surface area contributed by atoms with Gasteiger partial charge in [-0.2, -0.15) is 0 Å². The Morgan fingerprint density at radius 2 is 1.79 bits per heavy atom. The second kappa shape index (κ2) is 10.7. The third kappa shape index (κ3) is 7.61. The van der Waals surface area contributed by atoms with Crippen molar-refractivity contribution >= 4 is 28.3 Å². The Morgan fingerprint density at radius 3 is 2.25 bits per heavy atom. The number of aryl methyl sites for hydroxylation is 1. The number of hydrogen-bond acceptors (Lipinski definition) is 4. The number of nitrogens with two attached hydrogens (primary N) is 1. The minimum Gasteiger partial charge on any atom is -0.352 e. The number of rotatable bonds is 9. The number of carbonyl (C=O) groups is 1. The highest BCUT2D eigenvalue weighted by atomic mass is 35.5. The van der Waals surface area contributed by atoms with Gasteiger partial charge in [0, 0.05) is 19.0 Å². The summed E-state index contributed by atoms with van der Waals surface area (Å²) in [4.78, 5) is 12.2. The molecule has 0 heterocycles. The van der Waals surface area contributed by atoms with E-state index in [4.69, 9.17) is 5.73 Å². The van der Waals surface area contributed by atoms with Gasteiger partial charge in [-0.05, 0) is 43.5 Å². The molecule has 1 aromatic carbocycles. The first-order chi connectivity index (χ1) is 10.8. The lowest BCUT2D eigenvalue weighted by Gasteiger charge is -2.18. The van der Waals surface area contributed by atoms with E-state index in [2.05, 4.69) is 23.9 Å². The molecule has 1 rings (SSSR count). The van der Waals surface area contributed by atoms with Gasteiger partial charge in [0.25, 0.3) is 0 Å². The minimum atomic E-state index is -3.42. The average Bonchev–Trinajstić information content (AvgIpc) is 2.52. The fourth-order valence-electron chi connectivity index (χ4n) is 2.29. The molecule has 138 valence electrons. The lowest BCUT2D eigenvalue weighted by molar-refractivity contribution is -0.121.